The molecule has 110 valence electrons. The fourth-order valence-corrected chi connectivity index (χ4v) is 2.32. The fourth-order valence-electron chi connectivity index (χ4n) is 2.32. The summed E-state index contributed by atoms with van der Waals surface area (Å²) < 4.78 is 4.86. The number of amides is 2. The zero-order chi connectivity index (χ0) is 14.5. The first-order valence-electron chi connectivity index (χ1n) is 7.08. The molecule has 5 nitrogen and oxygen atoms in total. The van der Waals surface area contributed by atoms with Crippen molar-refractivity contribution in [3.63, 3.8) is 0 Å². The second-order valence-electron chi connectivity index (χ2n) is 6.15. The average molecular weight is 270 g/mol. The lowest BCUT2D eigenvalue weighted by molar-refractivity contribution is -0.126. The summed E-state index contributed by atoms with van der Waals surface area (Å²) in [7, 11) is 0. The van der Waals surface area contributed by atoms with Gasteiger partial charge >= 0.3 is 6.09 Å². The average Bonchev–Trinajstić information content (AvgIpc) is 2.77. The van der Waals surface area contributed by atoms with Crippen molar-refractivity contribution in [3.8, 4) is 0 Å². The largest absolute Gasteiger partial charge is 0.450 e. The van der Waals surface area contributed by atoms with E-state index in [-0.39, 0.29) is 17.4 Å². The Bertz CT molecular complexity index is 317. The summed E-state index contributed by atoms with van der Waals surface area (Å²) in [5.41, 5.74) is -0.352. The monoisotopic (exact) mass is 270 g/mol. The number of rotatable bonds is 4. The van der Waals surface area contributed by atoms with E-state index in [1.54, 1.807) is 6.92 Å². The normalized spacial score (nSPS) is 17.9. The van der Waals surface area contributed by atoms with Crippen LogP contribution < -0.4 is 10.6 Å². The highest BCUT2D eigenvalue weighted by Crippen LogP contribution is 2.22. The van der Waals surface area contributed by atoms with Gasteiger partial charge in [-0.05, 0) is 25.2 Å². The Morgan fingerprint density at radius 3 is 2.32 bits per heavy atom. The Hall–Kier alpha value is -1.26. The number of hydrogen-bond donors (Lipinski definition) is 2. The Morgan fingerprint density at radius 2 is 1.84 bits per heavy atom. The van der Waals surface area contributed by atoms with Gasteiger partial charge in [-0.1, -0.05) is 33.6 Å². The Balaban J connectivity index is 2.62. The van der Waals surface area contributed by atoms with Crippen LogP contribution in [-0.4, -0.2) is 30.7 Å². The van der Waals surface area contributed by atoms with Gasteiger partial charge in [-0.3, -0.25) is 4.79 Å². The number of hydrogen-bond acceptors (Lipinski definition) is 3. The highest BCUT2D eigenvalue weighted by Gasteiger charge is 2.34. The molecule has 1 aliphatic rings. The molecule has 1 saturated carbocycles. The zero-order valence-electron chi connectivity index (χ0n) is 12.4. The highest BCUT2D eigenvalue weighted by atomic mass is 16.5. The third-order valence-electron chi connectivity index (χ3n) is 3.37. The molecule has 1 atom stereocenters. The summed E-state index contributed by atoms with van der Waals surface area (Å²) in [5.74, 6) is -0.118. The lowest BCUT2D eigenvalue weighted by Gasteiger charge is -2.31. The molecule has 5 heteroatoms. The number of carbonyl (C=O) groups is 2. The lowest BCUT2D eigenvalue weighted by atomic mass is 9.86. The van der Waals surface area contributed by atoms with Gasteiger partial charge < -0.3 is 15.4 Å². The van der Waals surface area contributed by atoms with Crippen molar-refractivity contribution in [3.05, 3.63) is 0 Å². The predicted molar refractivity (Wildman–Crippen MR) is 73.8 cm³/mol. The first kappa shape index (κ1) is 15.8. The molecular weight excluding hydrogens is 244 g/mol. The van der Waals surface area contributed by atoms with E-state index in [9.17, 15) is 9.59 Å². The molecule has 0 heterocycles. The van der Waals surface area contributed by atoms with Crippen LogP contribution in [0.25, 0.3) is 0 Å². The molecule has 0 aromatic rings. The highest BCUT2D eigenvalue weighted by molar-refractivity contribution is 5.86. The molecule has 1 rings (SSSR count). The first-order chi connectivity index (χ1) is 8.84. The fraction of sp³-hybridized carbons (Fsp3) is 0.857. The van der Waals surface area contributed by atoms with Crippen LogP contribution in [0.2, 0.25) is 0 Å². The van der Waals surface area contributed by atoms with Gasteiger partial charge in [-0.2, -0.15) is 0 Å². The Kier molecular flexibility index (Phi) is 5.63. The van der Waals surface area contributed by atoms with Crippen LogP contribution in [0.15, 0.2) is 0 Å². The molecule has 1 fully saturated rings. The van der Waals surface area contributed by atoms with Gasteiger partial charge in [0.15, 0.2) is 0 Å². The van der Waals surface area contributed by atoms with Crippen LogP contribution in [0, 0.1) is 5.41 Å². The maximum absolute atomic E-state index is 12.3. The smallest absolute Gasteiger partial charge is 0.407 e. The molecule has 0 unspecified atom stereocenters. The maximum Gasteiger partial charge on any atom is 0.407 e. The first-order valence-corrected chi connectivity index (χ1v) is 7.08. The van der Waals surface area contributed by atoms with Gasteiger partial charge in [0.25, 0.3) is 0 Å². The molecular formula is C14H26N2O3. The molecule has 19 heavy (non-hydrogen) atoms. The number of ether oxygens (including phenoxy) is 1. The van der Waals surface area contributed by atoms with Crippen LogP contribution in [0.1, 0.15) is 53.4 Å². The van der Waals surface area contributed by atoms with E-state index in [2.05, 4.69) is 10.6 Å². The SMILES string of the molecule is CCOC(=O)N[C@H](C(=O)NC1CCCC1)C(C)(C)C. The Labute approximate surface area is 115 Å². The number of carbonyl (C=O) groups excluding carboxylic acids is 2. The van der Waals surface area contributed by atoms with Crippen molar-refractivity contribution in [1.82, 2.24) is 10.6 Å². The van der Waals surface area contributed by atoms with Crippen molar-refractivity contribution >= 4 is 12.0 Å². The third-order valence-corrected chi connectivity index (χ3v) is 3.37. The second kappa shape index (κ2) is 6.78. The molecule has 0 saturated heterocycles. The summed E-state index contributed by atoms with van der Waals surface area (Å²) >= 11 is 0. The van der Waals surface area contributed by atoms with Gasteiger partial charge in [0, 0.05) is 6.04 Å². The van der Waals surface area contributed by atoms with Gasteiger partial charge in [0.1, 0.15) is 6.04 Å². The molecule has 0 radical (unpaired) electrons. The third kappa shape index (κ3) is 5.09. The standard InChI is InChI=1S/C14H26N2O3/c1-5-19-13(18)16-11(14(2,3)4)12(17)15-10-8-6-7-9-10/h10-11H,5-9H2,1-4H3,(H,15,17)(H,16,18)/t11-/m1/s1. The van der Waals surface area contributed by atoms with E-state index in [1.165, 1.54) is 0 Å². The molecule has 0 spiro atoms. The minimum Gasteiger partial charge on any atom is -0.450 e. The van der Waals surface area contributed by atoms with Crippen LogP contribution in [0.4, 0.5) is 4.79 Å². The van der Waals surface area contributed by atoms with Crippen LogP contribution in [0.3, 0.4) is 0 Å². The second-order valence-corrected chi connectivity index (χ2v) is 6.15. The summed E-state index contributed by atoms with van der Waals surface area (Å²) in [6.07, 6.45) is 3.85. The van der Waals surface area contributed by atoms with Crippen LogP contribution in [0.5, 0.6) is 0 Å². The predicted octanol–water partition coefficient (Wildman–Crippen LogP) is 2.21. The summed E-state index contributed by atoms with van der Waals surface area (Å²) in [6, 6.07) is -0.325. The molecule has 1 aliphatic carbocycles. The number of nitrogens with one attached hydrogen (secondary N) is 2. The van der Waals surface area contributed by atoms with Crippen molar-refractivity contribution < 1.29 is 14.3 Å². The van der Waals surface area contributed by atoms with Crippen molar-refractivity contribution in [2.45, 2.75) is 65.5 Å². The van der Waals surface area contributed by atoms with E-state index in [4.69, 9.17) is 4.74 Å². The minimum atomic E-state index is -0.577. The van der Waals surface area contributed by atoms with Crippen molar-refractivity contribution in [1.29, 1.82) is 0 Å². The summed E-state index contributed by atoms with van der Waals surface area (Å²) in [6.45, 7) is 7.82. The zero-order valence-corrected chi connectivity index (χ0v) is 12.4. The van der Waals surface area contributed by atoms with E-state index in [0.717, 1.165) is 25.7 Å². The lowest BCUT2D eigenvalue weighted by Crippen LogP contribution is -2.55. The topological polar surface area (TPSA) is 67.4 Å². The molecule has 2 amide bonds. The van der Waals surface area contributed by atoms with Crippen LogP contribution >= 0.6 is 0 Å². The quantitative estimate of drug-likeness (QED) is 0.823. The van der Waals surface area contributed by atoms with E-state index >= 15 is 0 Å². The summed E-state index contributed by atoms with van der Waals surface area (Å²) in [4.78, 5) is 23.8. The Morgan fingerprint density at radius 1 is 1.26 bits per heavy atom. The van der Waals surface area contributed by atoms with Gasteiger partial charge in [0.2, 0.25) is 5.91 Å². The molecule has 0 aliphatic heterocycles. The summed E-state index contributed by atoms with van der Waals surface area (Å²) in [5, 5.41) is 5.68. The van der Waals surface area contributed by atoms with Crippen LogP contribution in [-0.2, 0) is 9.53 Å². The molecule has 0 bridgehead atoms. The van der Waals surface area contributed by atoms with Crippen molar-refractivity contribution in [2.24, 2.45) is 5.41 Å². The minimum absolute atomic E-state index is 0.118. The van der Waals surface area contributed by atoms with Gasteiger partial charge in [-0.15, -0.1) is 0 Å². The van der Waals surface area contributed by atoms with Gasteiger partial charge in [-0.25, -0.2) is 4.79 Å². The molecule has 0 aromatic carbocycles. The van der Waals surface area contributed by atoms with Crippen molar-refractivity contribution in [2.75, 3.05) is 6.61 Å². The molecule has 0 aromatic heterocycles. The van der Waals surface area contributed by atoms with Gasteiger partial charge in [0.05, 0.1) is 6.61 Å². The van der Waals surface area contributed by atoms with E-state index < -0.39 is 12.1 Å². The molecule has 2 N–H and O–H groups in total. The number of alkyl carbamates (subject to hydrolysis) is 1. The van der Waals surface area contributed by atoms with E-state index in [0.29, 0.717) is 6.61 Å². The maximum atomic E-state index is 12.3. The van der Waals surface area contributed by atoms with E-state index in [1.807, 2.05) is 20.8 Å².